The molecular weight excluding hydrogens is 272 g/mol. The summed E-state index contributed by atoms with van der Waals surface area (Å²) in [6.07, 6.45) is -3.67. The van der Waals surface area contributed by atoms with Crippen molar-refractivity contribution in [3.63, 3.8) is 0 Å². The molecule has 0 saturated heterocycles. The third-order valence-electron chi connectivity index (χ3n) is 4.01. The minimum Gasteiger partial charge on any atom is -0.294 e. The lowest BCUT2D eigenvalue weighted by molar-refractivity contribution is -0.183. The van der Waals surface area contributed by atoms with E-state index in [0.29, 0.717) is 11.1 Å². The van der Waals surface area contributed by atoms with Gasteiger partial charge in [-0.2, -0.15) is 13.2 Å². The summed E-state index contributed by atoms with van der Waals surface area (Å²) in [6.45, 7) is 1.64. The quantitative estimate of drug-likeness (QED) is 0.570. The van der Waals surface area contributed by atoms with E-state index >= 15 is 0 Å². The third kappa shape index (κ3) is 3.19. The van der Waals surface area contributed by atoms with Crippen LogP contribution in [0.2, 0.25) is 0 Å². The van der Waals surface area contributed by atoms with Gasteiger partial charge in [0, 0.05) is 11.5 Å². The molecule has 0 N–H and O–H groups in total. The number of halogens is 4. The molecule has 1 aromatic carbocycles. The lowest BCUT2D eigenvalue weighted by Gasteiger charge is -2.29. The van der Waals surface area contributed by atoms with Crippen LogP contribution in [0.25, 0.3) is 0 Å². The van der Waals surface area contributed by atoms with Crippen LogP contribution in [0, 0.1) is 24.6 Å². The Bertz CT molecular complexity index is 499. The minimum atomic E-state index is -4.17. The maximum absolute atomic E-state index is 13.0. The van der Waals surface area contributed by atoms with E-state index < -0.39 is 17.9 Å². The van der Waals surface area contributed by atoms with E-state index in [9.17, 15) is 22.4 Å². The Balaban J connectivity index is 2.05. The van der Waals surface area contributed by atoms with E-state index in [2.05, 4.69) is 0 Å². The highest BCUT2D eigenvalue weighted by Gasteiger charge is 2.42. The van der Waals surface area contributed by atoms with E-state index in [1.54, 1.807) is 6.92 Å². The van der Waals surface area contributed by atoms with Crippen LogP contribution < -0.4 is 0 Å². The molecule has 0 aromatic heterocycles. The van der Waals surface area contributed by atoms with Crippen LogP contribution in [0.1, 0.15) is 41.6 Å². The highest BCUT2D eigenvalue weighted by atomic mass is 19.4. The van der Waals surface area contributed by atoms with E-state index in [4.69, 9.17) is 0 Å². The average molecular weight is 288 g/mol. The van der Waals surface area contributed by atoms with E-state index in [1.807, 2.05) is 0 Å². The molecule has 1 fully saturated rings. The van der Waals surface area contributed by atoms with E-state index in [-0.39, 0.29) is 37.4 Å². The fourth-order valence-electron chi connectivity index (χ4n) is 2.81. The zero-order valence-electron chi connectivity index (χ0n) is 11.1. The molecule has 1 nitrogen and oxygen atoms in total. The van der Waals surface area contributed by atoms with Gasteiger partial charge in [0.2, 0.25) is 0 Å². The standard InChI is InChI=1S/C15H16F4O/c1-9-8-12(16)6-7-13(9)14(20)10-2-4-11(5-3-10)15(17,18)19/h6-8,10-11H,2-5H2,1H3. The summed E-state index contributed by atoms with van der Waals surface area (Å²) in [4.78, 5) is 12.3. The van der Waals surface area contributed by atoms with Crippen molar-refractivity contribution in [2.75, 3.05) is 0 Å². The van der Waals surface area contributed by atoms with Crippen LogP contribution in [0.5, 0.6) is 0 Å². The Morgan fingerprint density at radius 3 is 2.25 bits per heavy atom. The Kier molecular flexibility index (Phi) is 4.16. The number of carbonyl (C=O) groups excluding carboxylic acids is 1. The van der Waals surface area contributed by atoms with Crippen LogP contribution in [0.4, 0.5) is 17.6 Å². The number of aryl methyl sites for hydroxylation is 1. The lowest BCUT2D eigenvalue weighted by Crippen LogP contribution is -2.30. The van der Waals surface area contributed by atoms with Crippen LogP contribution >= 0.6 is 0 Å². The van der Waals surface area contributed by atoms with Crippen molar-refractivity contribution in [2.45, 2.75) is 38.8 Å². The summed E-state index contributed by atoms with van der Waals surface area (Å²) in [5.74, 6) is -2.25. The van der Waals surface area contributed by atoms with Crippen molar-refractivity contribution in [2.24, 2.45) is 11.8 Å². The summed E-state index contributed by atoms with van der Waals surface area (Å²) in [7, 11) is 0. The molecule has 1 aromatic rings. The average Bonchev–Trinajstić information content (AvgIpc) is 2.37. The van der Waals surface area contributed by atoms with Gasteiger partial charge in [0.1, 0.15) is 5.82 Å². The summed E-state index contributed by atoms with van der Waals surface area (Å²) in [6, 6.07) is 3.90. The number of alkyl halides is 3. The van der Waals surface area contributed by atoms with Gasteiger partial charge in [-0.25, -0.2) is 4.39 Å². The lowest BCUT2D eigenvalue weighted by atomic mass is 9.78. The van der Waals surface area contributed by atoms with Crippen molar-refractivity contribution in [1.82, 2.24) is 0 Å². The van der Waals surface area contributed by atoms with Crippen LogP contribution in [-0.4, -0.2) is 12.0 Å². The largest absolute Gasteiger partial charge is 0.391 e. The first-order valence-corrected chi connectivity index (χ1v) is 6.66. The van der Waals surface area contributed by atoms with Gasteiger partial charge >= 0.3 is 6.18 Å². The van der Waals surface area contributed by atoms with Crippen molar-refractivity contribution in [1.29, 1.82) is 0 Å². The first kappa shape index (κ1) is 15.0. The Morgan fingerprint density at radius 1 is 1.15 bits per heavy atom. The highest BCUT2D eigenvalue weighted by Crippen LogP contribution is 2.40. The Hall–Kier alpha value is -1.39. The molecule has 2 rings (SSSR count). The van der Waals surface area contributed by atoms with Gasteiger partial charge in [0.05, 0.1) is 5.92 Å². The summed E-state index contributed by atoms with van der Waals surface area (Å²) < 4.78 is 50.7. The number of carbonyl (C=O) groups is 1. The highest BCUT2D eigenvalue weighted by molar-refractivity contribution is 5.99. The van der Waals surface area contributed by atoms with Gasteiger partial charge in [0.25, 0.3) is 0 Å². The Morgan fingerprint density at radius 2 is 1.75 bits per heavy atom. The number of hydrogen-bond donors (Lipinski definition) is 0. The second-order valence-corrected chi connectivity index (χ2v) is 5.41. The molecule has 0 unspecified atom stereocenters. The predicted molar refractivity (Wildman–Crippen MR) is 67.0 cm³/mol. The fourth-order valence-corrected chi connectivity index (χ4v) is 2.81. The normalized spacial score (nSPS) is 23.6. The monoisotopic (exact) mass is 288 g/mol. The third-order valence-corrected chi connectivity index (χ3v) is 4.01. The van der Waals surface area contributed by atoms with Crippen molar-refractivity contribution < 1.29 is 22.4 Å². The first-order chi connectivity index (χ1) is 9.29. The van der Waals surface area contributed by atoms with Gasteiger partial charge in [-0.15, -0.1) is 0 Å². The zero-order valence-corrected chi connectivity index (χ0v) is 11.1. The molecule has 0 heterocycles. The molecular formula is C15H16F4O. The molecule has 0 atom stereocenters. The van der Waals surface area contributed by atoms with Crippen molar-refractivity contribution in [3.8, 4) is 0 Å². The molecule has 1 aliphatic rings. The molecule has 110 valence electrons. The fraction of sp³-hybridized carbons (Fsp3) is 0.533. The Labute approximate surface area is 115 Å². The van der Waals surface area contributed by atoms with Gasteiger partial charge in [0.15, 0.2) is 5.78 Å². The number of ketones is 1. The maximum Gasteiger partial charge on any atom is 0.391 e. The van der Waals surface area contributed by atoms with Crippen molar-refractivity contribution in [3.05, 3.63) is 35.1 Å². The van der Waals surface area contributed by atoms with E-state index in [0.717, 1.165) is 0 Å². The van der Waals surface area contributed by atoms with Gasteiger partial charge < -0.3 is 0 Å². The number of rotatable bonds is 2. The van der Waals surface area contributed by atoms with Gasteiger partial charge in [-0.3, -0.25) is 4.79 Å². The minimum absolute atomic E-state index is 0.000148. The van der Waals surface area contributed by atoms with Crippen LogP contribution in [0.3, 0.4) is 0 Å². The van der Waals surface area contributed by atoms with Crippen molar-refractivity contribution >= 4 is 5.78 Å². The zero-order chi connectivity index (χ0) is 14.9. The predicted octanol–water partition coefficient (Wildman–Crippen LogP) is 4.69. The summed E-state index contributed by atoms with van der Waals surface area (Å²) in [5.41, 5.74) is 0.954. The van der Waals surface area contributed by atoms with Gasteiger partial charge in [-0.05, 0) is 56.4 Å². The molecule has 0 aliphatic heterocycles. The molecule has 0 radical (unpaired) electrons. The smallest absolute Gasteiger partial charge is 0.294 e. The summed E-state index contributed by atoms with van der Waals surface area (Å²) in [5, 5.41) is 0. The SMILES string of the molecule is Cc1cc(F)ccc1C(=O)C1CCC(C(F)(F)F)CC1. The first-order valence-electron chi connectivity index (χ1n) is 6.66. The molecule has 1 aliphatic carbocycles. The molecule has 0 amide bonds. The van der Waals surface area contributed by atoms with Crippen LogP contribution in [0.15, 0.2) is 18.2 Å². The topological polar surface area (TPSA) is 17.1 Å². The van der Waals surface area contributed by atoms with E-state index in [1.165, 1.54) is 18.2 Å². The summed E-state index contributed by atoms with van der Waals surface area (Å²) >= 11 is 0. The second-order valence-electron chi connectivity index (χ2n) is 5.41. The van der Waals surface area contributed by atoms with Gasteiger partial charge in [-0.1, -0.05) is 0 Å². The van der Waals surface area contributed by atoms with Crippen LogP contribution in [-0.2, 0) is 0 Å². The molecule has 1 saturated carbocycles. The molecule has 0 bridgehead atoms. The molecule has 20 heavy (non-hydrogen) atoms. The number of hydrogen-bond acceptors (Lipinski definition) is 1. The molecule has 0 spiro atoms. The number of benzene rings is 1. The number of Topliss-reactive ketones (excluding diaryl/α,β-unsaturated/α-hetero) is 1. The molecule has 5 heteroatoms. The maximum atomic E-state index is 13.0. The second kappa shape index (κ2) is 5.54.